The third-order valence-corrected chi connectivity index (χ3v) is 3.06. The molecule has 6 heteroatoms. The minimum atomic E-state index is -0.984. The molecule has 1 fully saturated rings. The summed E-state index contributed by atoms with van der Waals surface area (Å²) in [4.78, 5) is 23.7. The average molecular weight is 244 g/mol. The van der Waals surface area contributed by atoms with Gasteiger partial charge in [-0.2, -0.15) is 0 Å². The number of carbonyl (C=O) groups excluding carboxylic acids is 1. The van der Waals surface area contributed by atoms with Gasteiger partial charge in [-0.3, -0.25) is 9.59 Å². The minimum absolute atomic E-state index is 0.0477. The molecule has 0 bridgehead atoms. The number of carboxylic acid groups (broad SMARTS) is 1. The molecule has 1 rings (SSSR count). The Morgan fingerprint density at radius 2 is 2.24 bits per heavy atom. The summed E-state index contributed by atoms with van der Waals surface area (Å²) >= 11 is 0. The van der Waals surface area contributed by atoms with E-state index in [1.54, 1.807) is 4.90 Å². The number of unbranched alkanes of at least 4 members (excludes halogenated alkanes) is 1. The van der Waals surface area contributed by atoms with Gasteiger partial charge in [0.15, 0.2) is 0 Å². The SMILES string of the molecule is NC(CCCCN1CC(CO)CC1=O)C(=O)O. The molecule has 2 unspecified atom stereocenters. The summed E-state index contributed by atoms with van der Waals surface area (Å²) in [5.74, 6) is -0.849. The van der Waals surface area contributed by atoms with Crippen molar-refractivity contribution in [3.63, 3.8) is 0 Å². The van der Waals surface area contributed by atoms with Crippen LogP contribution in [0.4, 0.5) is 0 Å². The number of amides is 1. The molecule has 0 aliphatic carbocycles. The number of carboxylic acids is 1. The van der Waals surface area contributed by atoms with E-state index in [0.29, 0.717) is 32.4 Å². The Bertz CT molecular complexity index is 283. The molecule has 1 saturated heterocycles. The molecule has 0 aromatic carbocycles. The second-order valence-corrected chi connectivity index (χ2v) is 4.53. The van der Waals surface area contributed by atoms with E-state index in [9.17, 15) is 9.59 Å². The number of likely N-dealkylation sites (tertiary alicyclic amines) is 1. The first kappa shape index (κ1) is 13.9. The highest BCUT2D eigenvalue weighted by Gasteiger charge is 2.28. The van der Waals surface area contributed by atoms with Crippen molar-refractivity contribution in [1.29, 1.82) is 0 Å². The van der Waals surface area contributed by atoms with Crippen LogP contribution in [0.2, 0.25) is 0 Å². The topological polar surface area (TPSA) is 104 Å². The average Bonchev–Trinajstić information content (AvgIpc) is 2.65. The van der Waals surface area contributed by atoms with Crippen molar-refractivity contribution in [2.75, 3.05) is 19.7 Å². The van der Waals surface area contributed by atoms with Gasteiger partial charge in [0.25, 0.3) is 0 Å². The van der Waals surface area contributed by atoms with Crippen LogP contribution >= 0.6 is 0 Å². The Morgan fingerprint density at radius 3 is 2.76 bits per heavy atom. The van der Waals surface area contributed by atoms with Gasteiger partial charge in [-0.05, 0) is 19.3 Å². The van der Waals surface area contributed by atoms with Crippen LogP contribution in [-0.2, 0) is 9.59 Å². The molecule has 0 aromatic heterocycles. The summed E-state index contributed by atoms with van der Waals surface area (Å²) in [7, 11) is 0. The third-order valence-electron chi connectivity index (χ3n) is 3.06. The highest BCUT2D eigenvalue weighted by Crippen LogP contribution is 2.17. The first-order valence-electron chi connectivity index (χ1n) is 5.91. The van der Waals surface area contributed by atoms with Crippen LogP contribution in [0.25, 0.3) is 0 Å². The lowest BCUT2D eigenvalue weighted by Crippen LogP contribution is -2.30. The van der Waals surface area contributed by atoms with Crippen molar-refractivity contribution in [2.45, 2.75) is 31.7 Å². The van der Waals surface area contributed by atoms with E-state index in [1.165, 1.54) is 0 Å². The third kappa shape index (κ3) is 4.32. The maximum absolute atomic E-state index is 11.5. The normalized spacial score (nSPS) is 21.9. The van der Waals surface area contributed by atoms with Gasteiger partial charge < -0.3 is 20.8 Å². The summed E-state index contributed by atoms with van der Waals surface area (Å²) in [6.45, 7) is 1.29. The lowest BCUT2D eigenvalue weighted by molar-refractivity contribution is -0.138. The largest absolute Gasteiger partial charge is 0.480 e. The lowest BCUT2D eigenvalue weighted by Gasteiger charge is -2.16. The molecule has 98 valence electrons. The Kier molecular flexibility index (Phi) is 5.37. The zero-order valence-electron chi connectivity index (χ0n) is 9.84. The molecular weight excluding hydrogens is 224 g/mol. The van der Waals surface area contributed by atoms with E-state index in [4.69, 9.17) is 15.9 Å². The van der Waals surface area contributed by atoms with E-state index >= 15 is 0 Å². The van der Waals surface area contributed by atoms with Crippen LogP contribution in [0.1, 0.15) is 25.7 Å². The van der Waals surface area contributed by atoms with Crippen LogP contribution in [0.3, 0.4) is 0 Å². The number of carbonyl (C=O) groups is 2. The van der Waals surface area contributed by atoms with Crippen molar-refractivity contribution < 1.29 is 19.8 Å². The molecule has 6 nitrogen and oxygen atoms in total. The molecule has 1 heterocycles. The number of nitrogens with two attached hydrogens (primary N) is 1. The summed E-state index contributed by atoms with van der Waals surface area (Å²) in [5.41, 5.74) is 5.37. The fourth-order valence-corrected chi connectivity index (χ4v) is 1.98. The Labute approximate surface area is 100 Å². The van der Waals surface area contributed by atoms with Gasteiger partial charge >= 0.3 is 5.97 Å². The number of nitrogens with zero attached hydrogens (tertiary/aromatic N) is 1. The first-order valence-corrected chi connectivity index (χ1v) is 5.91. The van der Waals surface area contributed by atoms with E-state index in [1.807, 2.05) is 0 Å². The number of aliphatic hydroxyl groups is 1. The monoisotopic (exact) mass is 244 g/mol. The highest BCUT2D eigenvalue weighted by molar-refractivity contribution is 5.78. The number of aliphatic hydroxyl groups excluding tert-OH is 1. The Balaban J connectivity index is 2.15. The molecule has 1 aliphatic heterocycles. The Morgan fingerprint density at radius 1 is 1.53 bits per heavy atom. The second-order valence-electron chi connectivity index (χ2n) is 4.53. The zero-order chi connectivity index (χ0) is 12.8. The van der Waals surface area contributed by atoms with Crippen LogP contribution in [-0.4, -0.2) is 52.7 Å². The molecule has 4 N–H and O–H groups in total. The van der Waals surface area contributed by atoms with Crippen molar-refractivity contribution >= 4 is 11.9 Å². The predicted molar refractivity (Wildman–Crippen MR) is 61.2 cm³/mol. The number of rotatable bonds is 7. The fraction of sp³-hybridized carbons (Fsp3) is 0.818. The quantitative estimate of drug-likeness (QED) is 0.519. The maximum Gasteiger partial charge on any atom is 0.320 e. The molecule has 1 aliphatic rings. The van der Waals surface area contributed by atoms with Crippen molar-refractivity contribution in [1.82, 2.24) is 4.90 Å². The van der Waals surface area contributed by atoms with E-state index in [2.05, 4.69) is 0 Å². The predicted octanol–water partition coefficient (Wildman–Crippen LogP) is -0.591. The molecule has 17 heavy (non-hydrogen) atoms. The number of hydrogen-bond donors (Lipinski definition) is 3. The molecular formula is C11H20N2O4. The molecule has 2 atom stereocenters. The fourth-order valence-electron chi connectivity index (χ4n) is 1.98. The van der Waals surface area contributed by atoms with Gasteiger partial charge in [-0.15, -0.1) is 0 Å². The van der Waals surface area contributed by atoms with E-state index in [-0.39, 0.29) is 18.4 Å². The lowest BCUT2D eigenvalue weighted by atomic mass is 10.1. The second kappa shape index (κ2) is 6.56. The molecule has 0 radical (unpaired) electrons. The zero-order valence-corrected chi connectivity index (χ0v) is 9.84. The number of aliphatic carboxylic acids is 1. The molecule has 1 amide bonds. The van der Waals surface area contributed by atoms with E-state index < -0.39 is 12.0 Å². The van der Waals surface area contributed by atoms with Gasteiger partial charge in [-0.1, -0.05) is 0 Å². The molecule has 0 aromatic rings. The standard InChI is InChI=1S/C11H20N2O4/c12-9(11(16)17)3-1-2-4-13-6-8(7-14)5-10(13)15/h8-9,14H,1-7,12H2,(H,16,17). The first-order chi connectivity index (χ1) is 8.04. The van der Waals surface area contributed by atoms with Crippen molar-refractivity contribution in [2.24, 2.45) is 11.7 Å². The summed E-state index contributed by atoms with van der Waals surface area (Å²) < 4.78 is 0. The Hall–Kier alpha value is -1.14. The minimum Gasteiger partial charge on any atom is -0.480 e. The molecule has 0 spiro atoms. The van der Waals surface area contributed by atoms with Crippen LogP contribution < -0.4 is 5.73 Å². The van der Waals surface area contributed by atoms with Crippen LogP contribution in [0, 0.1) is 5.92 Å². The number of hydrogen-bond acceptors (Lipinski definition) is 4. The van der Waals surface area contributed by atoms with Gasteiger partial charge in [-0.25, -0.2) is 0 Å². The summed E-state index contributed by atoms with van der Waals surface area (Å²) in [5, 5.41) is 17.5. The van der Waals surface area contributed by atoms with E-state index in [0.717, 1.165) is 6.42 Å². The maximum atomic E-state index is 11.5. The van der Waals surface area contributed by atoms with Crippen LogP contribution in [0.15, 0.2) is 0 Å². The van der Waals surface area contributed by atoms with Crippen LogP contribution in [0.5, 0.6) is 0 Å². The van der Waals surface area contributed by atoms with Crippen molar-refractivity contribution in [3.8, 4) is 0 Å². The summed E-state index contributed by atoms with van der Waals surface area (Å²) in [6.07, 6.45) is 2.30. The van der Waals surface area contributed by atoms with Gasteiger partial charge in [0.05, 0.1) is 0 Å². The van der Waals surface area contributed by atoms with Gasteiger partial charge in [0.1, 0.15) is 6.04 Å². The highest BCUT2D eigenvalue weighted by atomic mass is 16.4. The van der Waals surface area contributed by atoms with Gasteiger partial charge in [0, 0.05) is 32.0 Å². The van der Waals surface area contributed by atoms with Gasteiger partial charge in [0.2, 0.25) is 5.91 Å². The summed E-state index contributed by atoms with van der Waals surface area (Å²) in [6, 6.07) is -0.811. The van der Waals surface area contributed by atoms with Crippen molar-refractivity contribution in [3.05, 3.63) is 0 Å². The smallest absolute Gasteiger partial charge is 0.320 e. The molecule has 0 saturated carbocycles.